The second-order valence-corrected chi connectivity index (χ2v) is 6.13. The van der Waals surface area contributed by atoms with Crippen LogP contribution in [0.15, 0.2) is 24.3 Å². The zero-order valence-electron chi connectivity index (χ0n) is 11.9. The second kappa shape index (κ2) is 6.17. The summed E-state index contributed by atoms with van der Waals surface area (Å²) in [4.78, 5) is 0. The van der Waals surface area contributed by atoms with Gasteiger partial charge in [0.05, 0.1) is 5.56 Å². The number of hydrogen-bond acceptors (Lipinski definition) is 1. The van der Waals surface area contributed by atoms with Gasteiger partial charge in [0.2, 0.25) is 0 Å². The smallest absolute Gasteiger partial charge is 0.312 e. The van der Waals surface area contributed by atoms with Gasteiger partial charge in [-0.25, -0.2) is 0 Å². The molecule has 4 heteroatoms. The maximum atomic E-state index is 12.9. The molecule has 0 aliphatic heterocycles. The largest absolute Gasteiger partial charge is 0.416 e. The molecule has 1 N–H and O–H groups in total. The molecule has 0 radical (unpaired) electrons. The van der Waals surface area contributed by atoms with Crippen molar-refractivity contribution < 1.29 is 13.2 Å². The first-order valence-electron chi connectivity index (χ1n) is 7.27. The summed E-state index contributed by atoms with van der Waals surface area (Å²) in [5, 5.41) is 3.22. The highest BCUT2D eigenvalue weighted by atomic mass is 19.4. The predicted octanol–water partition coefficient (Wildman–Crippen LogP) is 4.77. The van der Waals surface area contributed by atoms with E-state index < -0.39 is 11.7 Å². The molecule has 112 valence electrons. The van der Waals surface area contributed by atoms with E-state index in [1.807, 2.05) is 0 Å². The molecule has 0 atom stereocenters. The quantitative estimate of drug-likeness (QED) is 0.840. The fourth-order valence-electron chi connectivity index (χ4n) is 3.03. The highest BCUT2D eigenvalue weighted by Crippen LogP contribution is 2.35. The topological polar surface area (TPSA) is 12.0 Å². The Hall–Kier alpha value is -1.03. The van der Waals surface area contributed by atoms with Crippen LogP contribution in [0.25, 0.3) is 0 Å². The molecule has 0 aromatic heterocycles. The van der Waals surface area contributed by atoms with Crippen molar-refractivity contribution in [3.63, 3.8) is 0 Å². The Balaban J connectivity index is 1.94. The van der Waals surface area contributed by atoms with E-state index in [9.17, 15) is 13.2 Å². The minimum atomic E-state index is -4.27. The summed E-state index contributed by atoms with van der Waals surface area (Å²) >= 11 is 0. The molecule has 1 aliphatic rings. The van der Waals surface area contributed by atoms with Crippen LogP contribution in [-0.4, -0.2) is 6.54 Å². The average molecular weight is 285 g/mol. The van der Waals surface area contributed by atoms with E-state index in [0.717, 1.165) is 12.6 Å². The molecule has 0 heterocycles. The molecule has 20 heavy (non-hydrogen) atoms. The fraction of sp³-hybridized carbons (Fsp3) is 0.625. The summed E-state index contributed by atoms with van der Waals surface area (Å²) in [5.41, 5.74) is 0.0477. The van der Waals surface area contributed by atoms with Gasteiger partial charge in [0, 0.05) is 13.1 Å². The third-order valence-electron chi connectivity index (χ3n) is 4.25. The van der Waals surface area contributed by atoms with E-state index in [1.54, 1.807) is 12.1 Å². The molecule has 1 saturated carbocycles. The Bertz CT molecular complexity index is 434. The zero-order chi connectivity index (χ0) is 14.6. The van der Waals surface area contributed by atoms with Crippen LogP contribution in [0.4, 0.5) is 13.2 Å². The standard InChI is InChI=1S/C16H22F3N/c1-15(9-5-2-6-10-15)12-20-11-13-7-3-4-8-14(13)16(17,18)19/h3-4,7-8,20H,2,5-6,9-12H2,1H3. The molecule has 1 aliphatic carbocycles. The van der Waals surface area contributed by atoms with E-state index in [1.165, 1.54) is 38.2 Å². The summed E-state index contributed by atoms with van der Waals surface area (Å²) < 4.78 is 38.6. The molecule has 1 fully saturated rings. The van der Waals surface area contributed by atoms with Gasteiger partial charge in [-0.15, -0.1) is 0 Å². The van der Waals surface area contributed by atoms with Crippen molar-refractivity contribution in [2.45, 2.75) is 51.7 Å². The van der Waals surface area contributed by atoms with Gasteiger partial charge in [0.1, 0.15) is 0 Å². The highest BCUT2D eigenvalue weighted by molar-refractivity contribution is 5.29. The lowest BCUT2D eigenvalue weighted by atomic mass is 9.76. The number of alkyl halides is 3. The van der Waals surface area contributed by atoms with Gasteiger partial charge in [0.25, 0.3) is 0 Å². The maximum Gasteiger partial charge on any atom is 0.416 e. The summed E-state index contributed by atoms with van der Waals surface area (Å²) in [5.74, 6) is 0. The van der Waals surface area contributed by atoms with E-state index in [-0.39, 0.29) is 12.0 Å². The lowest BCUT2D eigenvalue weighted by Crippen LogP contribution is -2.33. The lowest BCUT2D eigenvalue weighted by Gasteiger charge is -2.34. The van der Waals surface area contributed by atoms with Gasteiger partial charge in [-0.2, -0.15) is 13.2 Å². The number of halogens is 3. The van der Waals surface area contributed by atoms with Crippen molar-refractivity contribution in [1.82, 2.24) is 5.32 Å². The molecular formula is C16H22F3N. The minimum Gasteiger partial charge on any atom is -0.312 e. The first-order valence-corrected chi connectivity index (χ1v) is 7.27. The van der Waals surface area contributed by atoms with Gasteiger partial charge in [-0.3, -0.25) is 0 Å². The van der Waals surface area contributed by atoms with Crippen LogP contribution in [-0.2, 0) is 12.7 Å². The van der Waals surface area contributed by atoms with Crippen LogP contribution in [0.1, 0.15) is 50.2 Å². The van der Waals surface area contributed by atoms with Crippen molar-refractivity contribution in [3.05, 3.63) is 35.4 Å². The SMILES string of the molecule is CC1(CNCc2ccccc2C(F)(F)F)CCCCC1. The van der Waals surface area contributed by atoms with Gasteiger partial charge in [-0.1, -0.05) is 44.4 Å². The number of nitrogens with one attached hydrogen (secondary N) is 1. The minimum absolute atomic E-state index is 0.241. The van der Waals surface area contributed by atoms with Crippen molar-refractivity contribution in [2.24, 2.45) is 5.41 Å². The first-order chi connectivity index (χ1) is 9.41. The predicted molar refractivity (Wildman–Crippen MR) is 74.3 cm³/mol. The first kappa shape index (κ1) is 15.4. The Morgan fingerprint density at radius 3 is 2.40 bits per heavy atom. The van der Waals surface area contributed by atoms with E-state index >= 15 is 0 Å². The van der Waals surface area contributed by atoms with E-state index in [2.05, 4.69) is 12.2 Å². The van der Waals surface area contributed by atoms with Gasteiger partial charge in [-0.05, 0) is 29.9 Å². The lowest BCUT2D eigenvalue weighted by molar-refractivity contribution is -0.138. The normalized spacial score (nSPS) is 19.0. The molecule has 1 aromatic carbocycles. The van der Waals surface area contributed by atoms with Crippen LogP contribution in [0.5, 0.6) is 0 Å². The fourth-order valence-corrected chi connectivity index (χ4v) is 3.03. The summed E-state index contributed by atoms with van der Waals surface area (Å²) in [6, 6.07) is 5.81. The van der Waals surface area contributed by atoms with E-state index in [4.69, 9.17) is 0 Å². The zero-order valence-corrected chi connectivity index (χ0v) is 11.9. The molecule has 0 bridgehead atoms. The van der Waals surface area contributed by atoms with Gasteiger partial charge in [0.15, 0.2) is 0 Å². The Morgan fingerprint density at radius 2 is 1.75 bits per heavy atom. The average Bonchev–Trinajstić information content (AvgIpc) is 2.39. The van der Waals surface area contributed by atoms with Crippen LogP contribution in [0.2, 0.25) is 0 Å². The van der Waals surface area contributed by atoms with Crippen molar-refractivity contribution in [1.29, 1.82) is 0 Å². The maximum absolute atomic E-state index is 12.9. The van der Waals surface area contributed by atoms with Crippen LogP contribution in [0.3, 0.4) is 0 Å². The van der Waals surface area contributed by atoms with Crippen molar-refractivity contribution in [3.8, 4) is 0 Å². The van der Waals surface area contributed by atoms with Crippen LogP contribution < -0.4 is 5.32 Å². The number of hydrogen-bond donors (Lipinski definition) is 1. The molecule has 1 aromatic rings. The van der Waals surface area contributed by atoms with Crippen molar-refractivity contribution in [2.75, 3.05) is 6.54 Å². The van der Waals surface area contributed by atoms with Gasteiger partial charge < -0.3 is 5.32 Å². The summed E-state index contributed by atoms with van der Waals surface area (Å²) in [7, 11) is 0. The summed E-state index contributed by atoms with van der Waals surface area (Å²) in [6.07, 6.45) is 1.82. The molecule has 0 unspecified atom stereocenters. The monoisotopic (exact) mass is 285 g/mol. The number of rotatable bonds is 4. The molecule has 2 rings (SSSR count). The number of benzene rings is 1. The Labute approximate surface area is 118 Å². The Morgan fingerprint density at radius 1 is 1.10 bits per heavy atom. The Kier molecular flexibility index (Phi) is 4.74. The van der Waals surface area contributed by atoms with Crippen molar-refractivity contribution >= 4 is 0 Å². The molecule has 0 spiro atoms. The third kappa shape index (κ3) is 3.98. The van der Waals surface area contributed by atoms with Crippen LogP contribution >= 0.6 is 0 Å². The summed E-state index contributed by atoms with van der Waals surface area (Å²) in [6.45, 7) is 3.30. The molecule has 1 nitrogen and oxygen atoms in total. The molecule has 0 saturated heterocycles. The highest BCUT2D eigenvalue weighted by Gasteiger charge is 2.33. The van der Waals surface area contributed by atoms with Crippen LogP contribution in [0, 0.1) is 5.41 Å². The third-order valence-corrected chi connectivity index (χ3v) is 4.25. The molecular weight excluding hydrogens is 263 g/mol. The second-order valence-electron chi connectivity index (χ2n) is 6.13. The van der Waals surface area contributed by atoms with Gasteiger partial charge >= 0.3 is 6.18 Å². The van der Waals surface area contributed by atoms with E-state index in [0.29, 0.717) is 5.56 Å². The molecule has 0 amide bonds.